The molecule has 3 fully saturated rings. The molecular weight excluding hydrogens is 398 g/mol. The monoisotopic (exact) mass is 429 g/mol. The van der Waals surface area contributed by atoms with Crippen LogP contribution in [0.4, 0.5) is 0 Å². The van der Waals surface area contributed by atoms with Crippen LogP contribution in [0.25, 0.3) is 0 Å². The molecule has 8 heteroatoms. The predicted octanol–water partition coefficient (Wildman–Crippen LogP) is 0.878. The van der Waals surface area contributed by atoms with E-state index in [-0.39, 0.29) is 18.4 Å². The number of β-amino-alcohol motifs (C(OH)–C–C–N with tert-alkyl or cyclic N) is 1. The molecule has 2 unspecified atom stereocenters. The molecule has 3 aliphatic heterocycles. The zero-order valence-electron chi connectivity index (χ0n) is 18.4. The number of carbonyl (C=O) groups excluding carboxylic acids is 3. The van der Waals surface area contributed by atoms with Crippen molar-refractivity contribution in [2.24, 2.45) is 5.92 Å². The number of carbonyl (C=O) groups is 3. The molecule has 2 amide bonds. The molecule has 0 bridgehead atoms. The number of methoxy groups -OCH3 is 1. The van der Waals surface area contributed by atoms with E-state index in [0.717, 1.165) is 18.5 Å². The molecule has 0 saturated carbocycles. The number of esters is 1. The van der Waals surface area contributed by atoms with Gasteiger partial charge in [-0.1, -0.05) is 26.0 Å². The first-order valence-electron chi connectivity index (χ1n) is 11.0. The van der Waals surface area contributed by atoms with E-state index >= 15 is 0 Å². The third kappa shape index (κ3) is 3.88. The van der Waals surface area contributed by atoms with Crippen LogP contribution in [0.15, 0.2) is 24.3 Å². The number of rotatable bonds is 6. The minimum Gasteiger partial charge on any atom is -0.465 e. The third-order valence-corrected chi connectivity index (χ3v) is 6.73. The van der Waals surface area contributed by atoms with Gasteiger partial charge in [-0.05, 0) is 43.0 Å². The standard InChI is InChI=1S/C23H31N3O5/c1-15(2)8-9-24-13-23(14-24)22(30)25(20(28)19-10-18(27)12-26(19)23)11-16-4-6-17(7-5-16)21(29)31-3/h4-7,15,18-19,27H,8-14H2,1-3H3. The van der Waals surface area contributed by atoms with Crippen molar-refractivity contribution in [2.45, 2.75) is 50.9 Å². The van der Waals surface area contributed by atoms with Crippen molar-refractivity contribution in [1.29, 1.82) is 0 Å². The molecule has 3 saturated heterocycles. The van der Waals surface area contributed by atoms with Crippen LogP contribution in [-0.4, -0.2) is 88.6 Å². The number of piperazine rings is 1. The van der Waals surface area contributed by atoms with Gasteiger partial charge in [-0.25, -0.2) is 4.79 Å². The molecule has 1 aromatic rings. The second kappa shape index (κ2) is 8.33. The number of hydrogen-bond donors (Lipinski definition) is 1. The normalized spacial score (nSPS) is 25.8. The molecule has 8 nitrogen and oxygen atoms in total. The van der Waals surface area contributed by atoms with Crippen molar-refractivity contribution in [3.63, 3.8) is 0 Å². The SMILES string of the molecule is COC(=O)c1ccc(CN2C(=O)C3CC(O)CN3C3(CN(CCC(C)C)C3)C2=O)cc1. The van der Waals surface area contributed by atoms with Crippen LogP contribution in [0, 0.1) is 5.92 Å². The molecule has 4 rings (SSSR count). The summed E-state index contributed by atoms with van der Waals surface area (Å²) in [5.41, 5.74) is 0.454. The minimum atomic E-state index is -0.737. The molecule has 0 radical (unpaired) electrons. The number of amides is 2. The van der Waals surface area contributed by atoms with E-state index in [1.54, 1.807) is 24.3 Å². The highest BCUT2D eigenvalue weighted by Gasteiger charge is 2.64. The van der Waals surface area contributed by atoms with Crippen LogP contribution < -0.4 is 0 Å². The molecular formula is C23H31N3O5. The first kappa shape index (κ1) is 21.9. The zero-order chi connectivity index (χ0) is 22.3. The topological polar surface area (TPSA) is 90.4 Å². The summed E-state index contributed by atoms with van der Waals surface area (Å²) in [4.78, 5) is 44.0. The lowest BCUT2D eigenvalue weighted by atomic mass is 9.82. The Morgan fingerprint density at radius 1 is 1.23 bits per heavy atom. The van der Waals surface area contributed by atoms with Gasteiger partial charge < -0.3 is 9.84 Å². The second-order valence-corrected chi connectivity index (χ2v) is 9.40. The number of aliphatic hydroxyl groups excluding tert-OH is 1. The predicted molar refractivity (Wildman–Crippen MR) is 113 cm³/mol. The summed E-state index contributed by atoms with van der Waals surface area (Å²) in [5, 5.41) is 10.3. The van der Waals surface area contributed by atoms with E-state index in [1.807, 2.05) is 4.90 Å². The highest BCUT2D eigenvalue weighted by molar-refractivity contribution is 6.06. The Labute approximate surface area is 182 Å². The van der Waals surface area contributed by atoms with Crippen LogP contribution in [0.3, 0.4) is 0 Å². The fraction of sp³-hybridized carbons (Fsp3) is 0.609. The van der Waals surface area contributed by atoms with Gasteiger partial charge in [0, 0.05) is 19.6 Å². The number of nitrogens with zero attached hydrogens (tertiary/aromatic N) is 3. The first-order valence-corrected chi connectivity index (χ1v) is 11.0. The van der Waals surface area contributed by atoms with Crippen molar-refractivity contribution >= 4 is 17.8 Å². The van der Waals surface area contributed by atoms with E-state index < -0.39 is 23.7 Å². The van der Waals surface area contributed by atoms with E-state index in [4.69, 9.17) is 4.74 Å². The Balaban J connectivity index is 1.54. The van der Waals surface area contributed by atoms with Crippen molar-refractivity contribution in [1.82, 2.24) is 14.7 Å². The van der Waals surface area contributed by atoms with E-state index in [9.17, 15) is 19.5 Å². The summed E-state index contributed by atoms with van der Waals surface area (Å²) >= 11 is 0. The maximum atomic E-state index is 13.6. The van der Waals surface area contributed by atoms with Gasteiger partial charge in [0.1, 0.15) is 5.54 Å². The maximum absolute atomic E-state index is 13.6. The van der Waals surface area contributed by atoms with Gasteiger partial charge >= 0.3 is 5.97 Å². The molecule has 0 aliphatic carbocycles. The van der Waals surface area contributed by atoms with Crippen molar-refractivity contribution in [3.05, 3.63) is 35.4 Å². The summed E-state index contributed by atoms with van der Waals surface area (Å²) < 4.78 is 4.72. The molecule has 3 aliphatic rings. The number of fused-ring (bicyclic) bond motifs is 2. The Bertz CT molecular complexity index is 862. The second-order valence-electron chi connectivity index (χ2n) is 9.40. The fourth-order valence-electron chi connectivity index (χ4n) is 4.98. The molecule has 2 atom stereocenters. The summed E-state index contributed by atoms with van der Waals surface area (Å²) in [6.45, 7) is 6.99. The van der Waals surface area contributed by atoms with Gasteiger partial charge in [0.15, 0.2) is 0 Å². The Morgan fingerprint density at radius 3 is 2.52 bits per heavy atom. The van der Waals surface area contributed by atoms with Gasteiger partial charge in [0.05, 0.1) is 31.4 Å². The molecule has 0 aromatic heterocycles. The zero-order valence-corrected chi connectivity index (χ0v) is 18.4. The van der Waals surface area contributed by atoms with E-state index in [1.165, 1.54) is 12.0 Å². The minimum absolute atomic E-state index is 0.160. The molecule has 31 heavy (non-hydrogen) atoms. The lowest BCUT2D eigenvalue weighted by molar-refractivity contribution is -0.180. The molecule has 3 heterocycles. The summed E-state index contributed by atoms with van der Waals surface area (Å²) in [6, 6.07) is 6.29. The Morgan fingerprint density at radius 2 is 1.90 bits per heavy atom. The van der Waals surface area contributed by atoms with E-state index in [0.29, 0.717) is 37.5 Å². The first-order chi connectivity index (χ1) is 14.7. The molecule has 1 aromatic carbocycles. The van der Waals surface area contributed by atoms with Gasteiger partial charge in [-0.15, -0.1) is 0 Å². The maximum Gasteiger partial charge on any atom is 0.337 e. The van der Waals surface area contributed by atoms with Gasteiger partial charge in [0.2, 0.25) is 5.91 Å². The number of hydrogen-bond acceptors (Lipinski definition) is 7. The Hall–Kier alpha value is -2.29. The van der Waals surface area contributed by atoms with Crippen LogP contribution in [-0.2, 0) is 20.9 Å². The van der Waals surface area contributed by atoms with Crippen molar-refractivity contribution < 1.29 is 24.2 Å². The van der Waals surface area contributed by atoms with E-state index in [2.05, 4.69) is 18.7 Å². The third-order valence-electron chi connectivity index (χ3n) is 6.73. The summed E-state index contributed by atoms with van der Waals surface area (Å²) in [7, 11) is 1.33. The van der Waals surface area contributed by atoms with Gasteiger partial charge in [0.25, 0.3) is 5.91 Å². The largest absolute Gasteiger partial charge is 0.465 e. The summed E-state index contributed by atoms with van der Waals surface area (Å²) in [5.74, 6) is -0.265. The highest BCUT2D eigenvalue weighted by Crippen LogP contribution is 2.41. The average Bonchev–Trinajstić information content (AvgIpc) is 3.11. The Kier molecular flexibility index (Phi) is 5.89. The van der Waals surface area contributed by atoms with Crippen LogP contribution in [0.5, 0.6) is 0 Å². The van der Waals surface area contributed by atoms with Gasteiger partial charge in [-0.2, -0.15) is 0 Å². The van der Waals surface area contributed by atoms with Crippen molar-refractivity contribution in [2.75, 3.05) is 33.3 Å². The number of ether oxygens (including phenoxy) is 1. The lowest BCUT2D eigenvalue weighted by Crippen LogP contribution is -2.81. The summed E-state index contributed by atoms with van der Waals surface area (Å²) in [6.07, 6.45) is 0.825. The van der Waals surface area contributed by atoms with Crippen LogP contribution >= 0.6 is 0 Å². The van der Waals surface area contributed by atoms with Gasteiger partial charge in [-0.3, -0.25) is 24.3 Å². The fourth-order valence-corrected chi connectivity index (χ4v) is 4.98. The molecule has 1 spiro atoms. The van der Waals surface area contributed by atoms with Crippen LogP contribution in [0.1, 0.15) is 42.6 Å². The van der Waals surface area contributed by atoms with Crippen LogP contribution in [0.2, 0.25) is 0 Å². The number of likely N-dealkylation sites (tertiary alicyclic amines) is 1. The lowest BCUT2D eigenvalue weighted by Gasteiger charge is -2.58. The molecule has 1 N–H and O–H groups in total. The quantitative estimate of drug-likeness (QED) is 0.530. The van der Waals surface area contributed by atoms with Crippen molar-refractivity contribution in [3.8, 4) is 0 Å². The number of aliphatic hydroxyl groups is 1. The smallest absolute Gasteiger partial charge is 0.337 e. The average molecular weight is 430 g/mol. The number of benzene rings is 1. The highest BCUT2D eigenvalue weighted by atomic mass is 16.5. The number of imide groups is 1. The molecule has 168 valence electrons.